The molecule has 8 heteroatoms. The van der Waals surface area contributed by atoms with E-state index < -0.39 is 17.9 Å². The van der Waals surface area contributed by atoms with Crippen LogP contribution in [0.3, 0.4) is 0 Å². The van der Waals surface area contributed by atoms with Gasteiger partial charge in [-0.1, -0.05) is 23.7 Å². The lowest BCUT2D eigenvalue weighted by atomic mass is 10.1. The monoisotopic (exact) mass is 436 g/mol. The van der Waals surface area contributed by atoms with Gasteiger partial charge in [0.15, 0.2) is 0 Å². The Hall–Kier alpha value is -1.83. The van der Waals surface area contributed by atoms with Gasteiger partial charge in [0, 0.05) is 11.4 Å². The van der Waals surface area contributed by atoms with Gasteiger partial charge in [-0.05, 0) is 49.6 Å². The van der Waals surface area contributed by atoms with E-state index in [0.29, 0.717) is 40.7 Å². The maximum absolute atomic E-state index is 13.4. The number of fused-ring (bicyclic) bond motifs is 1. The van der Waals surface area contributed by atoms with Crippen LogP contribution in [0.1, 0.15) is 38.9 Å². The normalized spacial score (nSPS) is 14.3. The summed E-state index contributed by atoms with van der Waals surface area (Å²) >= 11 is 9.01. The van der Waals surface area contributed by atoms with Gasteiger partial charge in [-0.3, -0.25) is 19.3 Å². The van der Waals surface area contributed by atoms with Crippen LogP contribution < -0.4 is 0 Å². The number of thiophene rings is 1. The van der Waals surface area contributed by atoms with E-state index >= 15 is 0 Å². The number of hydrogen-bond acceptors (Lipinski definition) is 5. The van der Waals surface area contributed by atoms with Crippen molar-refractivity contribution in [3.05, 3.63) is 56.7 Å². The molecule has 1 unspecified atom stereocenters. The average molecular weight is 437 g/mol. The maximum atomic E-state index is 13.4. The molecule has 2 heterocycles. The van der Waals surface area contributed by atoms with Gasteiger partial charge >= 0.3 is 0 Å². The number of amides is 3. The number of imide groups is 1. The first-order chi connectivity index (χ1) is 13.5. The van der Waals surface area contributed by atoms with Gasteiger partial charge in [0.25, 0.3) is 11.8 Å². The molecule has 1 aromatic carbocycles. The predicted octanol–water partition coefficient (Wildman–Crippen LogP) is 4.17. The summed E-state index contributed by atoms with van der Waals surface area (Å²) in [5, 5.41) is 0. The highest BCUT2D eigenvalue weighted by Gasteiger charge is 2.43. The second-order valence-corrected chi connectivity index (χ2v) is 9.17. The number of hydrogen-bond donors (Lipinski definition) is 0. The molecule has 1 aromatic heterocycles. The van der Waals surface area contributed by atoms with Gasteiger partial charge in [0.05, 0.1) is 22.0 Å². The van der Waals surface area contributed by atoms with E-state index in [-0.39, 0.29) is 5.91 Å². The van der Waals surface area contributed by atoms with Crippen molar-refractivity contribution < 1.29 is 14.4 Å². The van der Waals surface area contributed by atoms with Crippen molar-refractivity contribution in [1.82, 2.24) is 9.80 Å². The summed E-state index contributed by atoms with van der Waals surface area (Å²) in [5.74, 6) is -0.326. The lowest BCUT2D eigenvalue weighted by Crippen LogP contribution is -2.51. The Morgan fingerprint density at radius 1 is 1.18 bits per heavy atom. The summed E-state index contributed by atoms with van der Waals surface area (Å²) in [6.07, 6.45) is 2.36. The summed E-state index contributed by atoms with van der Waals surface area (Å²) in [4.78, 5) is 43.0. The zero-order chi connectivity index (χ0) is 20.3. The maximum Gasteiger partial charge on any atom is 0.262 e. The molecule has 28 heavy (non-hydrogen) atoms. The minimum absolute atomic E-state index is 0.212. The van der Waals surface area contributed by atoms with Crippen LogP contribution >= 0.6 is 34.7 Å². The molecule has 1 aliphatic heterocycles. The third-order valence-corrected chi connectivity index (χ3v) is 6.55. The van der Waals surface area contributed by atoms with E-state index in [0.717, 1.165) is 9.78 Å². The molecule has 0 bridgehead atoms. The van der Waals surface area contributed by atoms with Crippen LogP contribution in [0.15, 0.2) is 36.4 Å². The minimum Gasteiger partial charge on any atom is -0.336 e. The van der Waals surface area contributed by atoms with Crippen molar-refractivity contribution in [2.24, 2.45) is 0 Å². The summed E-state index contributed by atoms with van der Waals surface area (Å²) < 4.78 is 0.665. The highest BCUT2D eigenvalue weighted by atomic mass is 35.5. The highest BCUT2D eigenvalue weighted by molar-refractivity contribution is 7.98. The molecular weight excluding hydrogens is 416 g/mol. The molecule has 3 amide bonds. The quantitative estimate of drug-likeness (QED) is 0.583. The molecule has 3 rings (SSSR count). The molecule has 0 fully saturated rings. The summed E-state index contributed by atoms with van der Waals surface area (Å²) in [6, 6.07) is 9.61. The molecule has 0 saturated carbocycles. The van der Waals surface area contributed by atoms with Crippen molar-refractivity contribution >= 4 is 52.4 Å². The van der Waals surface area contributed by atoms with Crippen LogP contribution in [-0.4, -0.2) is 52.1 Å². The van der Waals surface area contributed by atoms with Crippen molar-refractivity contribution in [3.8, 4) is 0 Å². The van der Waals surface area contributed by atoms with E-state index in [2.05, 4.69) is 0 Å². The topological polar surface area (TPSA) is 57.7 Å². The van der Waals surface area contributed by atoms with Crippen LogP contribution in [0.25, 0.3) is 0 Å². The van der Waals surface area contributed by atoms with Crippen molar-refractivity contribution in [2.45, 2.75) is 25.9 Å². The van der Waals surface area contributed by atoms with Crippen LogP contribution in [0, 0.1) is 0 Å². The van der Waals surface area contributed by atoms with Crippen LogP contribution in [-0.2, 0) is 11.3 Å². The van der Waals surface area contributed by atoms with Crippen molar-refractivity contribution in [2.75, 3.05) is 18.6 Å². The number of likely N-dealkylation sites (N-methyl/N-ethyl adjacent to an activating group) is 1. The molecule has 1 atom stereocenters. The summed E-state index contributed by atoms with van der Waals surface area (Å²) in [6.45, 7) is 2.78. The summed E-state index contributed by atoms with van der Waals surface area (Å²) in [5.41, 5.74) is 0.727. The fourth-order valence-electron chi connectivity index (χ4n) is 3.26. The predicted molar refractivity (Wildman–Crippen MR) is 114 cm³/mol. The second kappa shape index (κ2) is 9.11. The van der Waals surface area contributed by atoms with Gasteiger partial charge in [-0.2, -0.15) is 11.8 Å². The fourth-order valence-corrected chi connectivity index (χ4v) is 4.83. The number of nitrogens with zero attached hydrogens (tertiary/aromatic N) is 2. The van der Waals surface area contributed by atoms with Gasteiger partial charge in [0.1, 0.15) is 6.04 Å². The van der Waals surface area contributed by atoms with Gasteiger partial charge in [-0.25, -0.2) is 0 Å². The number of carbonyl (C=O) groups is 3. The Labute approximate surface area is 177 Å². The average Bonchev–Trinajstić information content (AvgIpc) is 3.22. The standard InChI is InChI=1S/C20H21ClN2O3S2/c1-3-22(12-13-8-9-17(21)28-13)20(26)16(10-11-27-2)23-18(24)14-6-4-5-7-15(14)19(23)25/h4-9,16H,3,10-12H2,1-2H3. The van der Waals surface area contributed by atoms with Gasteiger partial charge in [-0.15, -0.1) is 11.3 Å². The Bertz CT molecular complexity index is 864. The molecule has 2 aromatic rings. The smallest absolute Gasteiger partial charge is 0.262 e. The number of halogens is 1. The van der Waals surface area contributed by atoms with Crippen molar-refractivity contribution in [1.29, 1.82) is 0 Å². The van der Waals surface area contributed by atoms with Crippen LogP contribution in [0.2, 0.25) is 4.34 Å². The zero-order valence-corrected chi connectivity index (χ0v) is 18.1. The van der Waals surface area contributed by atoms with E-state index in [1.54, 1.807) is 47.0 Å². The van der Waals surface area contributed by atoms with Crippen molar-refractivity contribution in [3.63, 3.8) is 0 Å². The third-order valence-electron chi connectivity index (χ3n) is 4.69. The molecule has 0 radical (unpaired) electrons. The molecule has 148 valence electrons. The molecule has 0 saturated heterocycles. The van der Waals surface area contributed by atoms with E-state index in [9.17, 15) is 14.4 Å². The Morgan fingerprint density at radius 2 is 1.82 bits per heavy atom. The lowest BCUT2D eigenvalue weighted by Gasteiger charge is -2.30. The molecule has 0 aliphatic carbocycles. The molecular formula is C20H21ClN2O3S2. The Morgan fingerprint density at radius 3 is 2.32 bits per heavy atom. The van der Waals surface area contributed by atoms with E-state index in [1.807, 2.05) is 19.2 Å². The molecule has 0 N–H and O–H groups in total. The first-order valence-electron chi connectivity index (χ1n) is 8.96. The number of benzene rings is 1. The van der Waals surface area contributed by atoms with Gasteiger partial charge in [0.2, 0.25) is 5.91 Å². The Balaban J connectivity index is 1.88. The SMILES string of the molecule is CCN(Cc1ccc(Cl)s1)C(=O)C(CCSC)N1C(=O)c2ccccc2C1=O. The largest absolute Gasteiger partial charge is 0.336 e. The van der Waals surface area contributed by atoms with E-state index in [1.165, 1.54) is 11.3 Å². The van der Waals surface area contributed by atoms with Gasteiger partial charge < -0.3 is 4.90 Å². The molecule has 5 nitrogen and oxygen atoms in total. The summed E-state index contributed by atoms with van der Waals surface area (Å²) in [7, 11) is 0. The molecule has 1 aliphatic rings. The number of thioether (sulfide) groups is 1. The lowest BCUT2D eigenvalue weighted by molar-refractivity contribution is -0.135. The number of rotatable bonds is 8. The Kier molecular flexibility index (Phi) is 6.80. The zero-order valence-electron chi connectivity index (χ0n) is 15.7. The van der Waals surface area contributed by atoms with E-state index in [4.69, 9.17) is 11.6 Å². The van der Waals surface area contributed by atoms with Crippen LogP contribution in [0.5, 0.6) is 0 Å². The molecule has 0 spiro atoms. The second-order valence-electron chi connectivity index (χ2n) is 6.38. The third kappa shape index (κ3) is 4.11. The van der Waals surface area contributed by atoms with Crippen LogP contribution in [0.4, 0.5) is 0 Å². The first kappa shape index (κ1) is 20.9. The first-order valence-corrected chi connectivity index (χ1v) is 11.6. The number of carbonyl (C=O) groups excluding carboxylic acids is 3. The fraction of sp³-hybridized carbons (Fsp3) is 0.350. The highest BCUT2D eigenvalue weighted by Crippen LogP contribution is 2.28. The minimum atomic E-state index is -0.810.